The molecule has 3 rings (SSSR count). The SMILES string of the molecule is Cc1nn(C)c(C)c1Cn1c(-c2ccccc2)n[nH]c1=S. The van der Waals surface area contributed by atoms with Crippen molar-refractivity contribution in [2.24, 2.45) is 7.05 Å². The van der Waals surface area contributed by atoms with Gasteiger partial charge in [0.2, 0.25) is 0 Å². The minimum atomic E-state index is 0.622. The van der Waals surface area contributed by atoms with E-state index in [9.17, 15) is 0 Å². The van der Waals surface area contributed by atoms with Crippen LogP contribution in [-0.2, 0) is 13.6 Å². The van der Waals surface area contributed by atoms with Gasteiger partial charge in [-0.15, -0.1) is 0 Å². The second-order valence-electron chi connectivity index (χ2n) is 5.08. The molecular formula is C15H17N5S. The molecule has 0 atom stereocenters. The van der Waals surface area contributed by atoms with E-state index in [1.807, 2.05) is 53.6 Å². The number of nitrogens with zero attached hydrogens (tertiary/aromatic N) is 4. The Bertz CT molecular complexity index is 826. The van der Waals surface area contributed by atoms with Crippen molar-refractivity contribution in [1.82, 2.24) is 24.5 Å². The zero-order valence-electron chi connectivity index (χ0n) is 12.3. The van der Waals surface area contributed by atoms with Gasteiger partial charge in [-0.2, -0.15) is 10.2 Å². The lowest BCUT2D eigenvalue weighted by Crippen LogP contribution is -2.05. The Morgan fingerprint density at radius 1 is 1.19 bits per heavy atom. The van der Waals surface area contributed by atoms with Gasteiger partial charge in [-0.25, -0.2) is 0 Å². The Kier molecular flexibility index (Phi) is 3.47. The molecule has 0 saturated heterocycles. The summed E-state index contributed by atoms with van der Waals surface area (Å²) in [5.74, 6) is 0.850. The maximum absolute atomic E-state index is 5.38. The summed E-state index contributed by atoms with van der Waals surface area (Å²) in [6, 6.07) is 10.1. The number of benzene rings is 1. The zero-order valence-corrected chi connectivity index (χ0v) is 13.1. The fourth-order valence-electron chi connectivity index (χ4n) is 2.48. The summed E-state index contributed by atoms with van der Waals surface area (Å²) >= 11 is 5.38. The number of aryl methyl sites for hydroxylation is 2. The van der Waals surface area contributed by atoms with Crippen molar-refractivity contribution >= 4 is 12.2 Å². The third-order valence-corrected chi connectivity index (χ3v) is 4.08. The zero-order chi connectivity index (χ0) is 15.0. The number of nitrogens with one attached hydrogen (secondary N) is 1. The molecule has 0 fully saturated rings. The lowest BCUT2D eigenvalue weighted by molar-refractivity contribution is 0.726. The predicted octanol–water partition coefficient (Wildman–Crippen LogP) is 3.01. The molecule has 0 unspecified atom stereocenters. The van der Waals surface area contributed by atoms with E-state index in [1.54, 1.807) is 0 Å². The van der Waals surface area contributed by atoms with Crippen molar-refractivity contribution in [3.8, 4) is 11.4 Å². The minimum Gasteiger partial charge on any atom is -0.296 e. The second kappa shape index (κ2) is 5.29. The standard InChI is InChI=1S/C15H17N5S/c1-10-13(11(2)19(3)18-10)9-20-14(16-17-15(20)21)12-7-5-4-6-8-12/h4-8H,9H2,1-3H3,(H,17,21). The molecule has 0 saturated carbocycles. The summed E-state index contributed by atoms with van der Waals surface area (Å²) in [4.78, 5) is 0. The Morgan fingerprint density at radius 2 is 1.90 bits per heavy atom. The fraction of sp³-hybridized carbons (Fsp3) is 0.267. The van der Waals surface area contributed by atoms with E-state index in [1.165, 1.54) is 5.56 Å². The molecule has 0 radical (unpaired) electrons. The number of H-pyrrole nitrogens is 1. The fourth-order valence-corrected chi connectivity index (χ4v) is 2.67. The Labute approximate surface area is 128 Å². The van der Waals surface area contributed by atoms with Crippen molar-refractivity contribution in [3.05, 3.63) is 52.1 Å². The van der Waals surface area contributed by atoms with Crippen LogP contribution in [0.2, 0.25) is 0 Å². The van der Waals surface area contributed by atoms with Crippen LogP contribution in [0.15, 0.2) is 30.3 Å². The number of rotatable bonds is 3. The monoisotopic (exact) mass is 299 g/mol. The molecule has 0 spiro atoms. The van der Waals surface area contributed by atoms with Crippen molar-refractivity contribution < 1.29 is 0 Å². The normalized spacial score (nSPS) is 11.0. The first-order valence-corrected chi connectivity index (χ1v) is 7.18. The van der Waals surface area contributed by atoms with Crippen LogP contribution in [0.4, 0.5) is 0 Å². The topological polar surface area (TPSA) is 51.4 Å². The molecule has 2 aromatic heterocycles. The molecule has 0 aliphatic heterocycles. The summed E-state index contributed by atoms with van der Waals surface area (Å²) in [5.41, 5.74) is 4.41. The predicted molar refractivity (Wildman–Crippen MR) is 84.6 cm³/mol. The van der Waals surface area contributed by atoms with E-state index in [0.717, 1.165) is 22.8 Å². The Balaban J connectivity index is 2.08. The number of hydrogen-bond acceptors (Lipinski definition) is 3. The van der Waals surface area contributed by atoms with Crippen LogP contribution in [0.1, 0.15) is 17.0 Å². The summed E-state index contributed by atoms with van der Waals surface area (Å²) < 4.78 is 4.54. The molecule has 5 nitrogen and oxygen atoms in total. The van der Waals surface area contributed by atoms with Crippen molar-refractivity contribution in [3.63, 3.8) is 0 Å². The van der Waals surface area contributed by atoms with E-state index in [0.29, 0.717) is 11.3 Å². The van der Waals surface area contributed by atoms with Crippen molar-refractivity contribution in [1.29, 1.82) is 0 Å². The molecule has 0 aliphatic rings. The van der Waals surface area contributed by atoms with Crippen molar-refractivity contribution in [2.45, 2.75) is 20.4 Å². The quantitative estimate of drug-likeness (QED) is 0.756. The van der Waals surface area contributed by atoms with E-state index in [4.69, 9.17) is 12.2 Å². The first-order chi connectivity index (χ1) is 10.1. The van der Waals surface area contributed by atoms with Crippen LogP contribution in [0.25, 0.3) is 11.4 Å². The van der Waals surface area contributed by atoms with Gasteiger partial charge in [0, 0.05) is 23.9 Å². The first kappa shape index (κ1) is 13.8. The highest BCUT2D eigenvalue weighted by Gasteiger charge is 2.14. The maximum Gasteiger partial charge on any atom is 0.195 e. The molecule has 6 heteroatoms. The minimum absolute atomic E-state index is 0.622. The molecule has 0 amide bonds. The summed E-state index contributed by atoms with van der Waals surface area (Å²) in [6.07, 6.45) is 0. The molecular weight excluding hydrogens is 282 g/mol. The van der Waals surface area contributed by atoms with E-state index >= 15 is 0 Å². The molecule has 0 bridgehead atoms. The largest absolute Gasteiger partial charge is 0.296 e. The highest BCUT2D eigenvalue weighted by molar-refractivity contribution is 7.71. The number of aromatic nitrogens is 5. The molecule has 21 heavy (non-hydrogen) atoms. The molecule has 0 aliphatic carbocycles. The van der Waals surface area contributed by atoms with Crippen LogP contribution >= 0.6 is 12.2 Å². The smallest absolute Gasteiger partial charge is 0.195 e. The highest BCUT2D eigenvalue weighted by atomic mass is 32.1. The first-order valence-electron chi connectivity index (χ1n) is 6.77. The average Bonchev–Trinajstić information content (AvgIpc) is 2.96. The second-order valence-corrected chi connectivity index (χ2v) is 5.46. The third-order valence-electron chi connectivity index (χ3n) is 3.77. The van der Waals surface area contributed by atoms with Crippen molar-refractivity contribution in [2.75, 3.05) is 0 Å². The summed E-state index contributed by atoms with van der Waals surface area (Å²) in [6.45, 7) is 4.76. The van der Waals surface area contributed by atoms with Gasteiger partial charge in [0.05, 0.1) is 12.2 Å². The van der Waals surface area contributed by atoms with Crippen LogP contribution < -0.4 is 0 Å². The van der Waals surface area contributed by atoms with Crippen LogP contribution in [-0.4, -0.2) is 24.5 Å². The van der Waals surface area contributed by atoms with Gasteiger partial charge in [0.1, 0.15) is 0 Å². The van der Waals surface area contributed by atoms with Gasteiger partial charge >= 0.3 is 0 Å². The number of aromatic amines is 1. The van der Waals surface area contributed by atoms with E-state index < -0.39 is 0 Å². The Hall–Kier alpha value is -2.21. The van der Waals surface area contributed by atoms with Gasteiger partial charge < -0.3 is 0 Å². The van der Waals surface area contributed by atoms with E-state index in [-0.39, 0.29) is 0 Å². The highest BCUT2D eigenvalue weighted by Crippen LogP contribution is 2.20. The third kappa shape index (κ3) is 2.42. The van der Waals surface area contributed by atoms with E-state index in [2.05, 4.69) is 22.2 Å². The average molecular weight is 299 g/mol. The lowest BCUT2D eigenvalue weighted by atomic mass is 10.2. The van der Waals surface area contributed by atoms with Crippen LogP contribution in [0.3, 0.4) is 0 Å². The van der Waals surface area contributed by atoms with Gasteiger partial charge in [-0.3, -0.25) is 14.3 Å². The summed E-state index contributed by atoms with van der Waals surface area (Å²) in [5, 5.41) is 11.7. The lowest BCUT2D eigenvalue weighted by Gasteiger charge is -2.07. The van der Waals surface area contributed by atoms with Crippen LogP contribution in [0, 0.1) is 18.6 Å². The molecule has 3 aromatic rings. The molecule has 1 aromatic carbocycles. The van der Waals surface area contributed by atoms with Gasteiger partial charge in [-0.05, 0) is 26.1 Å². The summed E-state index contributed by atoms with van der Waals surface area (Å²) in [7, 11) is 1.96. The molecule has 2 heterocycles. The maximum atomic E-state index is 5.38. The Morgan fingerprint density at radius 3 is 2.52 bits per heavy atom. The van der Waals surface area contributed by atoms with Crippen LogP contribution in [0.5, 0.6) is 0 Å². The van der Waals surface area contributed by atoms with Gasteiger partial charge in [0.25, 0.3) is 0 Å². The molecule has 1 N–H and O–H groups in total. The van der Waals surface area contributed by atoms with Gasteiger partial charge in [-0.1, -0.05) is 30.3 Å². The number of hydrogen-bond donors (Lipinski definition) is 1. The molecule has 108 valence electrons. The van der Waals surface area contributed by atoms with Gasteiger partial charge in [0.15, 0.2) is 10.6 Å².